The number of hydrogen-bond donors (Lipinski definition) is 2. The summed E-state index contributed by atoms with van der Waals surface area (Å²) >= 11 is 0. The van der Waals surface area contributed by atoms with E-state index in [2.05, 4.69) is 41.5 Å². The highest BCUT2D eigenvalue weighted by atomic mass is 16.1. The summed E-state index contributed by atoms with van der Waals surface area (Å²) in [5.41, 5.74) is 3.70. The maximum atomic E-state index is 12.1. The molecule has 0 aliphatic heterocycles. The molecule has 0 fully saturated rings. The van der Waals surface area contributed by atoms with Crippen LogP contribution in [0.25, 0.3) is 10.9 Å². The van der Waals surface area contributed by atoms with Crippen LogP contribution in [0.5, 0.6) is 0 Å². The van der Waals surface area contributed by atoms with E-state index in [1.54, 1.807) is 0 Å². The summed E-state index contributed by atoms with van der Waals surface area (Å²) in [6.45, 7) is 2.31. The van der Waals surface area contributed by atoms with Gasteiger partial charge in [0.05, 0.1) is 0 Å². The first-order valence-corrected chi connectivity index (χ1v) is 8.55. The number of carbonyl (C=O) groups excluding carboxylic acids is 1. The maximum Gasteiger partial charge on any atom is 0.253 e. The van der Waals surface area contributed by atoms with Gasteiger partial charge in [0, 0.05) is 24.0 Å². The number of aromatic amines is 1. The third-order valence-corrected chi connectivity index (χ3v) is 4.30. The molecule has 1 aromatic heterocycles. The number of hydrogen-bond acceptors (Lipinski definition) is 2. The lowest BCUT2D eigenvalue weighted by Gasteiger charge is -2.06. The van der Waals surface area contributed by atoms with E-state index >= 15 is 0 Å². The molecule has 4 nitrogen and oxygen atoms in total. The number of amides is 1. The molecule has 0 aliphatic carbocycles. The molecular weight excluding hydrogens is 312 g/mol. The molecule has 3 rings (SSSR count). The van der Waals surface area contributed by atoms with Gasteiger partial charge in [-0.15, -0.1) is 0 Å². The SMILES string of the molecule is Cc1ccc(CCCC(=O)NCc2cc3ccccc3[nH]c2=O)cc1. The van der Waals surface area contributed by atoms with E-state index in [0.29, 0.717) is 12.0 Å². The van der Waals surface area contributed by atoms with E-state index in [1.165, 1.54) is 11.1 Å². The third kappa shape index (κ3) is 4.57. The summed E-state index contributed by atoms with van der Waals surface area (Å²) in [6, 6.07) is 17.8. The molecule has 2 aromatic carbocycles. The number of pyridine rings is 1. The van der Waals surface area contributed by atoms with Gasteiger partial charge in [-0.05, 0) is 42.8 Å². The molecule has 0 radical (unpaired) electrons. The van der Waals surface area contributed by atoms with E-state index in [9.17, 15) is 9.59 Å². The minimum absolute atomic E-state index is 0.0281. The van der Waals surface area contributed by atoms with Crippen molar-refractivity contribution >= 4 is 16.8 Å². The zero-order valence-electron chi connectivity index (χ0n) is 14.3. The first kappa shape index (κ1) is 17.0. The number of aromatic nitrogens is 1. The lowest BCUT2D eigenvalue weighted by atomic mass is 10.1. The maximum absolute atomic E-state index is 12.1. The first-order valence-electron chi connectivity index (χ1n) is 8.55. The van der Waals surface area contributed by atoms with Crippen LogP contribution in [0.2, 0.25) is 0 Å². The quantitative estimate of drug-likeness (QED) is 0.725. The molecule has 128 valence electrons. The van der Waals surface area contributed by atoms with E-state index in [0.717, 1.165) is 23.7 Å². The normalized spacial score (nSPS) is 10.8. The standard InChI is InChI=1S/C21H22N2O2/c1-15-9-11-16(12-10-15)5-4-8-20(24)22-14-18-13-17-6-2-3-7-19(17)23-21(18)25/h2-3,6-7,9-13H,4-5,8,14H2,1H3,(H,22,24)(H,23,25). The highest BCUT2D eigenvalue weighted by Gasteiger charge is 2.06. The van der Waals surface area contributed by atoms with Crippen molar-refractivity contribution < 1.29 is 4.79 Å². The largest absolute Gasteiger partial charge is 0.352 e. The molecule has 1 amide bonds. The Kier molecular flexibility index (Phi) is 5.29. The van der Waals surface area contributed by atoms with E-state index in [-0.39, 0.29) is 18.0 Å². The van der Waals surface area contributed by atoms with E-state index < -0.39 is 0 Å². The predicted octanol–water partition coefficient (Wildman–Crippen LogP) is 3.48. The van der Waals surface area contributed by atoms with Crippen molar-refractivity contribution in [3.05, 3.63) is 81.6 Å². The molecule has 25 heavy (non-hydrogen) atoms. The minimum Gasteiger partial charge on any atom is -0.352 e. The van der Waals surface area contributed by atoms with Gasteiger partial charge in [-0.2, -0.15) is 0 Å². The fraction of sp³-hybridized carbons (Fsp3) is 0.238. The summed E-state index contributed by atoms with van der Waals surface area (Å²) in [4.78, 5) is 26.9. The van der Waals surface area contributed by atoms with Gasteiger partial charge in [-0.3, -0.25) is 9.59 Å². The topological polar surface area (TPSA) is 62.0 Å². The second-order valence-corrected chi connectivity index (χ2v) is 6.33. The van der Waals surface area contributed by atoms with Gasteiger partial charge in [-0.1, -0.05) is 48.0 Å². The number of para-hydroxylation sites is 1. The van der Waals surface area contributed by atoms with Crippen molar-refractivity contribution in [2.45, 2.75) is 32.7 Å². The van der Waals surface area contributed by atoms with Gasteiger partial charge in [0.25, 0.3) is 5.56 Å². The highest BCUT2D eigenvalue weighted by molar-refractivity contribution is 5.79. The van der Waals surface area contributed by atoms with Crippen LogP contribution in [0, 0.1) is 6.92 Å². The molecule has 0 saturated heterocycles. The van der Waals surface area contributed by atoms with Crippen molar-refractivity contribution in [2.24, 2.45) is 0 Å². The molecule has 0 atom stereocenters. The Morgan fingerprint density at radius 3 is 2.64 bits per heavy atom. The van der Waals surface area contributed by atoms with Crippen LogP contribution in [0.3, 0.4) is 0 Å². The van der Waals surface area contributed by atoms with Gasteiger partial charge in [0.15, 0.2) is 0 Å². The lowest BCUT2D eigenvalue weighted by Crippen LogP contribution is -2.26. The van der Waals surface area contributed by atoms with Gasteiger partial charge in [0.2, 0.25) is 5.91 Å². The molecular formula is C21H22N2O2. The molecule has 1 heterocycles. The molecule has 0 saturated carbocycles. The third-order valence-electron chi connectivity index (χ3n) is 4.30. The second kappa shape index (κ2) is 7.79. The van der Waals surface area contributed by atoms with Gasteiger partial charge < -0.3 is 10.3 Å². The summed E-state index contributed by atoms with van der Waals surface area (Å²) in [6.07, 6.45) is 2.13. The summed E-state index contributed by atoms with van der Waals surface area (Å²) in [5, 5.41) is 3.80. The van der Waals surface area contributed by atoms with Gasteiger partial charge in [0.1, 0.15) is 0 Å². The number of nitrogens with one attached hydrogen (secondary N) is 2. The molecule has 0 spiro atoms. The number of rotatable bonds is 6. The number of H-pyrrole nitrogens is 1. The van der Waals surface area contributed by atoms with Crippen LogP contribution in [-0.2, 0) is 17.8 Å². The van der Waals surface area contributed by atoms with Gasteiger partial charge >= 0.3 is 0 Å². The fourth-order valence-electron chi connectivity index (χ4n) is 2.81. The summed E-state index contributed by atoms with van der Waals surface area (Å²) < 4.78 is 0. The average molecular weight is 334 g/mol. The lowest BCUT2D eigenvalue weighted by molar-refractivity contribution is -0.121. The van der Waals surface area contributed by atoms with Gasteiger partial charge in [-0.25, -0.2) is 0 Å². The van der Waals surface area contributed by atoms with E-state index in [1.807, 2.05) is 30.3 Å². The van der Waals surface area contributed by atoms with E-state index in [4.69, 9.17) is 0 Å². The molecule has 2 N–H and O–H groups in total. The molecule has 0 bridgehead atoms. The van der Waals surface area contributed by atoms with Crippen LogP contribution in [0.1, 0.15) is 29.5 Å². The Hall–Kier alpha value is -2.88. The van der Waals surface area contributed by atoms with Crippen LogP contribution in [0.15, 0.2) is 59.4 Å². The number of fused-ring (bicyclic) bond motifs is 1. The Balaban J connectivity index is 1.51. The average Bonchev–Trinajstić information content (AvgIpc) is 2.61. The zero-order valence-corrected chi connectivity index (χ0v) is 14.3. The smallest absolute Gasteiger partial charge is 0.253 e. The van der Waals surface area contributed by atoms with Crippen molar-refractivity contribution in [1.29, 1.82) is 0 Å². The predicted molar refractivity (Wildman–Crippen MR) is 101 cm³/mol. The molecule has 4 heteroatoms. The Bertz CT molecular complexity index is 927. The van der Waals surface area contributed by atoms with Crippen LogP contribution in [-0.4, -0.2) is 10.9 Å². The Labute approximate surface area is 146 Å². The van der Waals surface area contributed by atoms with Crippen molar-refractivity contribution in [2.75, 3.05) is 0 Å². The summed E-state index contributed by atoms with van der Waals surface area (Å²) in [5.74, 6) is -0.0281. The highest BCUT2D eigenvalue weighted by Crippen LogP contribution is 2.10. The minimum atomic E-state index is -0.154. The van der Waals surface area contributed by atoms with Crippen molar-refractivity contribution in [1.82, 2.24) is 10.3 Å². The molecule has 0 aliphatic rings. The Morgan fingerprint density at radius 1 is 1.08 bits per heavy atom. The van der Waals surface area contributed by atoms with Crippen molar-refractivity contribution in [3.63, 3.8) is 0 Å². The summed E-state index contributed by atoms with van der Waals surface area (Å²) in [7, 11) is 0. The number of carbonyl (C=O) groups is 1. The number of aryl methyl sites for hydroxylation is 2. The monoisotopic (exact) mass is 334 g/mol. The first-order chi connectivity index (χ1) is 12.1. The Morgan fingerprint density at radius 2 is 1.84 bits per heavy atom. The van der Waals surface area contributed by atoms with Crippen molar-refractivity contribution in [3.8, 4) is 0 Å². The molecule has 3 aromatic rings. The zero-order chi connectivity index (χ0) is 17.6. The second-order valence-electron chi connectivity index (χ2n) is 6.33. The number of benzene rings is 2. The fourth-order valence-corrected chi connectivity index (χ4v) is 2.81. The van der Waals surface area contributed by atoms with Crippen LogP contribution < -0.4 is 10.9 Å². The van der Waals surface area contributed by atoms with Crippen LogP contribution in [0.4, 0.5) is 0 Å². The molecule has 0 unspecified atom stereocenters. The van der Waals surface area contributed by atoms with Crippen LogP contribution >= 0.6 is 0 Å².